The number of carbonyl (C=O) groups is 1. The second-order valence-electron chi connectivity index (χ2n) is 4.85. The van der Waals surface area contributed by atoms with Crippen LogP contribution in [0.5, 0.6) is 0 Å². The minimum absolute atomic E-state index is 0.140. The van der Waals surface area contributed by atoms with Crippen molar-refractivity contribution in [2.45, 2.75) is 44.3 Å². The summed E-state index contributed by atoms with van der Waals surface area (Å²) >= 11 is 5.98. The summed E-state index contributed by atoms with van der Waals surface area (Å²) < 4.78 is 16.2. The van der Waals surface area contributed by atoms with Crippen LogP contribution >= 0.6 is 11.6 Å². The van der Waals surface area contributed by atoms with E-state index in [-0.39, 0.29) is 17.9 Å². The molecule has 0 aromatic heterocycles. The zero-order chi connectivity index (χ0) is 15.1. The SMILES string of the molecule is COC1OC(C[O][Tl])C(C)C(O)C1NC(=O)CCCCl. The average molecular weight is 499 g/mol. The van der Waals surface area contributed by atoms with Crippen LogP contribution in [0, 0.1) is 5.92 Å². The van der Waals surface area contributed by atoms with Crippen molar-refractivity contribution in [1.82, 2.24) is 5.32 Å². The summed E-state index contributed by atoms with van der Waals surface area (Å²) in [7, 11) is 1.49. The molecule has 1 fully saturated rings. The zero-order valence-electron chi connectivity index (χ0n) is 11.8. The molecule has 1 saturated heterocycles. The topological polar surface area (TPSA) is 77.0 Å². The van der Waals surface area contributed by atoms with E-state index >= 15 is 0 Å². The fraction of sp³-hybridized carbons (Fsp3) is 0.917. The fourth-order valence-corrected chi connectivity index (χ4v) is 3.09. The van der Waals surface area contributed by atoms with Crippen molar-refractivity contribution in [3.63, 3.8) is 0 Å². The number of aliphatic hydroxyl groups excluding tert-OH is 1. The minimum atomic E-state index is -0.737. The van der Waals surface area contributed by atoms with Crippen LogP contribution in [0.4, 0.5) is 0 Å². The van der Waals surface area contributed by atoms with Crippen molar-refractivity contribution in [3.05, 3.63) is 0 Å². The molecule has 2 N–H and O–H groups in total. The van der Waals surface area contributed by atoms with Crippen LogP contribution in [0.3, 0.4) is 0 Å². The van der Waals surface area contributed by atoms with E-state index in [2.05, 4.69) is 5.32 Å². The van der Waals surface area contributed by atoms with Crippen LogP contribution in [0.1, 0.15) is 19.8 Å². The summed E-state index contributed by atoms with van der Waals surface area (Å²) in [5.74, 6) is 0.132. The number of ether oxygens (including phenoxy) is 2. The number of amides is 1. The standard InChI is InChI=1S/C12H21ClNO5.Tl/c1-7-8(6-15)19-12(18-2)10(11(7)17)14-9(16)4-3-5-13;/h7-8,10-12,17H,3-6H2,1-2H3,(H,14,16);/q-1;+1. The molecule has 114 valence electrons. The van der Waals surface area contributed by atoms with E-state index in [1.165, 1.54) is 7.11 Å². The quantitative estimate of drug-likeness (QED) is 0.380. The van der Waals surface area contributed by atoms with Crippen molar-refractivity contribution in [3.8, 4) is 0 Å². The number of nitrogens with one attached hydrogen (secondary N) is 1. The molecule has 0 radical (unpaired) electrons. The number of alkyl halides is 1. The van der Waals surface area contributed by atoms with Gasteiger partial charge in [0.2, 0.25) is 0 Å². The summed E-state index contributed by atoms with van der Waals surface area (Å²) in [4.78, 5) is 11.8. The van der Waals surface area contributed by atoms with Crippen LogP contribution in [-0.2, 0) is 17.0 Å². The monoisotopic (exact) mass is 499 g/mol. The average Bonchev–Trinajstić information content (AvgIpc) is 2.44. The van der Waals surface area contributed by atoms with E-state index in [0.29, 0.717) is 51.5 Å². The zero-order valence-corrected chi connectivity index (χ0v) is 17.0. The molecule has 6 nitrogen and oxygen atoms in total. The molecule has 0 aromatic rings. The van der Waals surface area contributed by atoms with Crippen LogP contribution in [-0.4, -0.2) is 81.4 Å². The first-order chi connectivity index (χ1) is 9.54. The first-order valence-corrected chi connectivity index (χ1v) is 8.95. The normalized spacial score (nSPS) is 33.9. The van der Waals surface area contributed by atoms with Crippen molar-refractivity contribution >= 4 is 43.7 Å². The maximum absolute atomic E-state index is 11.8. The predicted octanol–water partition coefficient (Wildman–Crippen LogP) is -0.0414. The second kappa shape index (κ2) is 9.52. The third-order valence-electron chi connectivity index (χ3n) is 3.45. The van der Waals surface area contributed by atoms with Crippen LogP contribution in [0.15, 0.2) is 0 Å². The summed E-state index contributed by atoms with van der Waals surface area (Å²) in [6.07, 6.45) is -0.713. The Bertz CT molecular complexity index is 308. The van der Waals surface area contributed by atoms with Gasteiger partial charge in [0.05, 0.1) is 0 Å². The predicted molar refractivity (Wildman–Crippen MR) is 74.4 cm³/mol. The second-order valence-corrected chi connectivity index (χ2v) is 6.52. The van der Waals surface area contributed by atoms with Gasteiger partial charge in [-0.05, 0) is 0 Å². The molecular formula is C12H21ClNO5Tl. The molecular weight excluding hydrogens is 478 g/mol. The molecule has 5 atom stereocenters. The van der Waals surface area contributed by atoms with Gasteiger partial charge in [0.25, 0.3) is 0 Å². The molecule has 1 heterocycles. The number of hydrogen-bond acceptors (Lipinski definition) is 5. The van der Waals surface area contributed by atoms with Gasteiger partial charge in [-0.25, -0.2) is 0 Å². The Labute approximate surface area is 140 Å². The van der Waals surface area contributed by atoms with Gasteiger partial charge in [0, 0.05) is 0 Å². The summed E-state index contributed by atoms with van der Waals surface area (Å²) in [5.41, 5.74) is 0. The van der Waals surface area contributed by atoms with Gasteiger partial charge in [-0.15, -0.1) is 0 Å². The van der Waals surface area contributed by atoms with Crippen molar-refractivity contribution in [2.24, 2.45) is 5.92 Å². The Morgan fingerprint density at radius 2 is 2.25 bits per heavy atom. The Morgan fingerprint density at radius 3 is 2.80 bits per heavy atom. The molecule has 20 heavy (non-hydrogen) atoms. The molecule has 1 aliphatic rings. The first kappa shape index (κ1) is 18.6. The van der Waals surface area contributed by atoms with Gasteiger partial charge in [-0.3, -0.25) is 0 Å². The third kappa shape index (κ3) is 5.06. The van der Waals surface area contributed by atoms with Gasteiger partial charge in [-0.1, -0.05) is 0 Å². The summed E-state index contributed by atoms with van der Waals surface area (Å²) in [6.45, 7) is 2.32. The Hall–Kier alpha value is 0.522. The first-order valence-electron chi connectivity index (χ1n) is 6.58. The van der Waals surface area contributed by atoms with Crippen molar-refractivity contribution in [1.29, 1.82) is 0 Å². The number of halogens is 1. The summed E-state index contributed by atoms with van der Waals surface area (Å²) in [5, 5.41) is 13.1. The molecule has 0 spiro atoms. The number of carbonyl (C=O) groups excluding carboxylic acids is 1. The van der Waals surface area contributed by atoms with E-state index in [9.17, 15) is 9.90 Å². The third-order valence-corrected chi connectivity index (χ3v) is 4.47. The van der Waals surface area contributed by atoms with Gasteiger partial charge in [-0.2, -0.15) is 0 Å². The molecule has 0 aliphatic carbocycles. The van der Waals surface area contributed by atoms with Gasteiger partial charge < -0.3 is 0 Å². The van der Waals surface area contributed by atoms with E-state index < -0.39 is 18.4 Å². The number of hydrogen-bond donors (Lipinski definition) is 2. The van der Waals surface area contributed by atoms with Crippen LogP contribution in [0.25, 0.3) is 0 Å². The molecule has 1 aliphatic heterocycles. The molecule has 0 saturated carbocycles. The van der Waals surface area contributed by atoms with E-state index in [0.717, 1.165) is 0 Å². The molecule has 8 heteroatoms. The van der Waals surface area contributed by atoms with Crippen LogP contribution in [0.2, 0.25) is 0 Å². The van der Waals surface area contributed by atoms with Gasteiger partial charge in [0.1, 0.15) is 0 Å². The van der Waals surface area contributed by atoms with E-state index in [4.69, 9.17) is 23.8 Å². The maximum atomic E-state index is 11.8. The van der Waals surface area contributed by atoms with Crippen molar-refractivity contribution in [2.75, 3.05) is 19.6 Å². The molecule has 0 aromatic carbocycles. The summed E-state index contributed by atoms with van der Waals surface area (Å²) in [6, 6.07) is -0.578. The molecule has 1 rings (SSSR count). The Morgan fingerprint density at radius 1 is 1.55 bits per heavy atom. The number of methoxy groups -OCH3 is 1. The Balaban J connectivity index is 2.66. The van der Waals surface area contributed by atoms with Gasteiger partial charge >= 0.3 is 141 Å². The van der Waals surface area contributed by atoms with Gasteiger partial charge in [0.15, 0.2) is 0 Å². The molecule has 5 unspecified atom stereocenters. The van der Waals surface area contributed by atoms with Crippen LogP contribution < -0.4 is 5.32 Å². The molecule has 0 bridgehead atoms. The van der Waals surface area contributed by atoms with E-state index in [1.54, 1.807) is 0 Å². The van der Waals surface area contributed by atoms with Crippen molar-refractivity contribution < 1.29 is 22.1 Å². The number of aliphatic hydroxyl groups is 1. The number of rotatable bonds is 7. The Kier molecular flexibility index (Phi) is 8.84. The van der Waals surface area contributed by atoms with E-state index in [1.807, 2.05) is 6.92 Å². The molecule has 1 amide bonds. The fourth-order valence-electron chi connectivity index (χ4n) is 2.22.